The van der Waals surface area contributed by atoms with Crippen molar-refractivity contribution in [2.75, 3.05) is 0 Å². The number of rotatable bonds is 24. The number of aromatic nitrogens is 1. The molecule has 6 aromatic rings. The van der Waals surface area contributed by atoms with Crippen molar-refractivity contribution < 1.29 is 0 Å². The molecule has 7 rings (SSSR count). The first-order valence-electron chi connectivity index (χ1n) is 30.7. The van der Waals surface area contributed by atoms with Crippen molar-refractivity contribution >= 4 is 52.2 Å². The van der Waals surface area contributed by atoms with E-state index in [4.69, 9.17) is 4.99 Å². The molecule has 0 aliphatic heterocycles. The van der Waals surface area contributed by atoms with Crippen LogP contribution in [-0.2, 0) is 10.8 Å². The average molecular weight is 1050 g/mol. The lowest BCUT2D eigenvalue weighted by Crippen LogP contribution is -2.26. The number of aromatic amines is 1. The maximum absolute atomic E-state index is 5.73. The summed E-state index contributed by atoms with van der Waals surface area (Å²) in [4.78, 5) is 9.29. The van der Waals surface area contributed by atoms with E-state index in [9.17, 15) is 0 Å². The molecule has 1 heterocycles. The van der Waals surface area contributed by atoms with Gasteiger partial charge in [-0.3, -0.25) is 4.99 Å². The van der Waals surface area contributed by atoms with Gasteiger partial charge in [0, 0.05) is 40.1 Å². The number of hydrogen-bond acceptors (Lipinski definition) is 1. The summed E-state index contributed by atoms with van der Waals surface area (Å²) in [6.07, 6.45) is 40.2. The van der Waals surface area contributed by atoms with Crippen LogP contribution in [0.15, 0.2) is 156 Å². The molecule has 0 radical (unpaired) electrons. The van der Waals surface area contributed by atoms with Crippen molar-refractivity contribution in [1.82, 2.24) is 4.98 Å². The zero-order valence-electron chi connectivity index (χ0n) is 51.5. The number of allylic oxidation sites excluding steroid dienone is 8. The highest BCUT2D eigenvalue weighted by atomic mass is 14.8. The van der Waals surface area contributed by atoms with E-state index in [1.807, 2.05) is 0 Å². The summed E-state index contributed by atoms with van der Waals surface area (Å²) in [6.45, 7) is 33.8. The zero-order chi connectivity index (χ0) is 57.0. The Bertz CT molecular complexity index is 3210. The predicted octanol–water partition coefficient (Wildman–Crippen LogP) is 22.1. The number of aliphatic imine (C=N–C) groups is 1. The average Bonchev–Trinajstić information content (AvgIpc) is 4.10. The Kier molecular flexibility index (Phi) is 23.4. The normalized spacial score (nSPS) is 14.4. The molecule has 1 N–H and O–H groups in total. The minimum absolute atomic E-state index is 0.0291. The molecule has 0 fully saturated rings. The van der Waals surface area contributed by atoms with Crippen LogP contribution in [0.4, 0.5) is 5.69 Å². The summed E-state index contributed by atoms with van der Waals surface area (Å²) >= 11 is 0. The summed E-state index contributed by atoms with van der Waals surface area (Å²) in [5, 5.41) is 3.31. The maximum atomic E-state index is 5.73. The van der Waals surface area contributed by atoms with E-state index in [1.165, 1.54) is 135 Å². The van der Waals surface area contributed by atoms with Crippen LogP contribution in [0.5, 0.6) is 0 Å². The van der Waals surface area contributed by atoms with Gasteiger partial charge in [-0.2, -0.15) is 0 Å². The van der Waals surface area contributed by atoms with Gasteiger partial charge in [0.1, 0.15) is 0 Å². The smallest absolute Gasteiger partial charge is 0.0714 e. The number of fused-ring (bicyclic) bond motifs is 4. The highest BCUT2D eigenvalue weighted by Gasteiger charge is 2.43. The third-order valence-electron chi connectivity index (χ3n) is 16.3. The van der Waals surface area contributed by atoms with Crippen molar-refractivity contribution in [2.24, 2.45) is 10.4 Å². The lowest BCUT2D eigenvalue weighted by molar-refractivity contribution is 0.397. The second-order valence-electron chi connectivity index (χ2n) is 24.7. The third-order valence-corrected chi connectivity index (χ3v) is 16.3. The van der Waals surface area contributed by atoms with Crippen LogP contribution >= 0.6 is 0 Å². The number of unbranched alkanes of at least 4 members (excludes halogenated alkanes) is 10. The Labute approximate surface area is 480 Å². The fourth-order valence-electron chi connectivity index (χ4n) is 11.3. The minimum atomic E-state index is 0.0291. The molecule has 2 nitrogen and oxygen atoms in total. The molecule has 0 saturated carbocycles. The van der Waals surface area contributed by atoms with Crippen molar-refractivity contribution in [3.8, 4) is 11.1 Å². The molecule has 0 saturated heterocycles. The van der Waals surface area contributed by atoms with Gasteiger partial charge in [-0.15, -0.1) is 0 Å². The van der Waals surface area contributed by atoms with Crippen molar-refractivity contribution in [2.45, 2.75) is 204 Å². The fourth-order valence-corrected chi connectivity index (χ4v) is 11.3. The van der Waals surface area contributed by atoms with E-state index in [2.05, 4.69) is 260 Å². The lowest BCUT2D eigenvalue weighted by Gasteiger charge is -2.34. The van der Waals surface area contributed by atoms with Gasteiger partial charge in [0.25, 0.3) is 0 Å². The highest BCUT2D eigenvalue weighted by molar-refractivity contribution is 6.14. The number of hydrogen-bond donors (Lipinski definition) is 1. The standard InChI is InChI=1S/C74H92N2.C3H8/c1-13-16-18-20-22-30-47-74(48-31-23-21-19-17-14-2)67-49-57(42-45-63(67)64-46-43-60(52-68(64)74)73(10,11)12)34-25-26-35-58-41-44-62(55(5)39-40-56(6)72(7,8)9)70(50-58)76-71(66-53-75-69-38-29-28-37-65(66)69)51-59(32-15-3)61-36-27-24-33-54(61)4;1-3-2/h15,24-29,32-46,49-50,52-53,75H,4,13-14,16-23,30-31,47-48,51H2,1-3,5-12H3;3H2,1-2H3/b32-15-,34-25+,35-26+,55-39+,56-40+,61-59+,76-71?;. The first-order valence-corrected chi connectivity index (χ1v) is 30.7. The summed E-state index contributed by atoms with van der Waals surface area (Å²) in [5.74, 6) is 0. The Balaban J connectivity index is 0.00000328. The van der Waals surface area contributed by atoms with Gasteiger partial charge in [0.2, 0.25) is 0 Å². The monoisotopic (exact) mass is 1050 g/mol. The van der Waals surface area contributed by atoms with Crippen LogP contribution in [0.25, 0.3) is 51.9 Å². The third kappa shape index (κ3) is 16.7. The molecule has 1 aromatic heterocycles. The quantitative estimate of drug-likeness (QED) is 0.0355. The number of para-hydroxylation sites is 1. The predicted molar refractivity (Wildman–Crippen MR) is 353 cm³/mol. The van der Waals surface area contributed by atoms with Gasteiger partial charge in [-0.05, 0) is 117 Å². The molecule has 418 valence electrons. The first-order chi connectivity index (χ1) is 38.0. The molecular formula is C77H100N2. The zero-order valence-corrected chi connectivity index (χ0v) is 51.5. The van der Waals surface area contributed by atoms with E-state index in [-0.39, 0.29) is 16.2 Å². The summed E-state index contributed by atoms with van der Waals surface area (Å²) in [5.41, 5.74) is 19.0. The van der Waals surface area contributed by atoms with Crippen molar-refractivity contribution in [3.63, 3.8) is 0 Å². The molecule has 0 spiro atoms. The van der Waals surface area contributed by atoms with Gasteiger partial charge < -0.3 is 4.98 Å². The van der Waals surface area contributed by atoms with E-state index in [0.29, 0.717) is 6.42 Å². The molecule has 79 heavy (non-hydrogen) atoms. The van der Waals surface area contributed by atoms with Crippen molar-refractivity contribution in [3.05, 3.63) is 201 Å². The van der Waals surface area contributed by atoms with Gasteiger partial charge in [-0.25, -0.2) is 0 Å². The van der Waals surface area contributed by atoms with Crippen LogP contribution in [0.2, 0.25) is 0 Å². The minimum Gasteiger partial charge on any atom is -0.360 e. The van der Waals surface area contributed by atoms with E-state index >= 15 is 0 Å². The second-order valence-corrected chi connectivity index (χ2v) is 24.7. The lowest BCUT2D eigenvalue weighted by atomic mass is 9.69. The first kappa shape index (κ1) is 62.0. The molecule has 0 bridgehead atoms. The topological polar surface area (TPSA) is 28.1 Å². The molecule has 0 unspecified atom stereocenters. The van der Waals surface area contributed by atoms with Crippen LogP contribution in [0.1, 0.15) is 232 Å². The molecule has 5 aromatic carbocycles. The van der Waals surface area contributed by atoms with Gasteiger partial charge >= 0.3 is 0 Å². The SMILES string of the molecule is C=c1cccc/c1=C(/C=C\C)CC(=Nc1cc(/C=C/C=C/c2ccc3c(c2)C(CCCCCCCC)(CCCCCCCC)c2cc(C(C)(C)C)ccc2-3)ccc1/C(C)=C/C=C(\C)C(C)(C)C)c1c[nH]c2ccccc12.CCC. The molecule has 1 aliphatic rings. The van der Waals surface area contributed by atoms with E-state index in [1.54, 1.807) is 11.1 Å². The Morgan fingerprint density at radius 3 is 1.81 bits per heavy atom. The van der Waals surface area contributed by atoms with Crippen molar-refractivity contribution in [1.29, 1.82) is 0 Å². The molecule has 1 aliphatic carbocycles. The number of benzene rings is 5. The Morgan fingerprint density at radius 2 is 1.19 bits per heavy atom. The highest BCUT2D eigenvalue weighted by Crippen LogP contribution is 2.55. The van der Waals surface area contributed by atoms with E-state index in [0.717, 1.165) is 49.4 Å². The van der Waals surface area contributed by atoms with Crippen LogP contribution < -0.4 is 10.4 Å². The van der Waals surface area contributed by atoms with Gasteiger partial charge in [0.15, 0.2) is 0 Å². The van der Waals surface area contributed by atoms with Crippen LogP contribution in [0.3, 0.4) is 0 Å². The van der Waals surface area contributed by atoms with Crippen LogP contribution in [-0.4, -0.2) is 10.7 Å². The van der Waals surface area contributed by atoms with E-state index < -0.39 is 0 Å². The summed E-state index contributed by atoms with van der Waals surface area (Å²) < 4.78 is 0. The summed E-state index contributed by atoms with van der Waals surface area (Å²) in [6, 6.07) is 38.6. The molecular weight excluding hydrogens is 953 g/mol. The second kappa shape index (κ2) is 29.8. The number of H-pyrrole nitrogens is 1. The Morgan fingerprint density at radius 1 is 0.620 bits per heavy atom. The maximum Gasteiger partial charge on any atom is 0.0714 e. The molecule has 0 amide bonds. The summed E-state index contributed by atoms with van der Waals surface area (Å²) in [7, 11) is 0. The van der Waals surface area contributed by atoms with Gasteiger partial charge in [-0.1, -0.05) is 304 Å². The molecule has 2 heteroatoms. The van der Waals surface area contributed by atoms with Crippen LogP contribution in [0, 0.1) is 5.41 Å². The largest absolute Gasteiger partial charge is 0.360 e. The van der Waals surface area contributed by atoms with Gasteiger partial charge in [0.05, 0.1) is 11.4 Å². The number of nitrogens with zero attached hydrogens (tertiary/aromatic N) is 1. The fraction of sp³-hybridized carbons (Fsp3) is 0.416. The number of nitrogens with one attached hydrogen (secondary N) is 1. The molecule has 0 atom stereocenters. The Hall–Kier alpha value is -6.25.